The molecule has 2 heterocycles. The zero-order chi connectivity index (χ0) is 19.7. The number of hydrogen-bond acceptors (Lipinski definition) is 6. The SMILES string of the molecule is O=S1(=O)N=C(C2OCC2NCCc2ccccc2CO)Nc2ccc(I)cc21. The maximum Gasteiger partial charge on any atom is 0.286 e. The lowest BCUT2D eigenvalue weighted by Gasteiger charge is -2.39. The van der Waals surface area contributed by atoms with E-state index in [1.165, 1.54) is 0 Å². The van der Waals surface area contributed by atoms with Gasteiger partial charge in [-0.2, -0.15) is 8.42 Å². The molecule has 2 aliphatic rings. The van der Waals surface area contributed by atoms with E-state index in [1.54, 1.807) is 12.1 Å². The summed E-state index contributed by atoms with van der Waals surface area (Å²) in [6, 6.07) is 13.0. The Morgan fingerprint density at radius 1 is 1.25 bits per heavy atom. The van der Waals surface area contributed by atoms with Crippen LogP contribution in [0.1, 0.15) is 11.1 Å². The van der Waals surface area contributed by atoms with Crippen LogP contribution >= 0.6 is 22.6 Å². The lowest BCUT2D eigenvalue weighted by molar-refractivity contribution is -0.0447. The van der Waals surface area contributed by atoms with Crippen molar-refractivity contribution in [3.63, 3.8) is 0 Å². The molecule has 2 unspecified atom stereocenters. The Kier molecular flexibility index (Phi) is 5.70. The average Bonchev–Trinajstić information content (AvgIpc) is 2.65. The van der Waals surface area contributed by atoms with Crippen LogP contribution in [0.3, 0.4) is 0 Å². The molecule has 0 saturated carbocycles. The molecule has 28 heavy (non-hydrogen) atoms. The molecule has 3 N–H and O–H groups in total. The Morgan fingerprint density at radius 3 is 2.75 bits per heavy atom. The third-order valence-electron chi connectivity index (χ3n) is 4.88. The molecule has 2 aliphatic heterocycles. The van der Waals surface area contributed by atoms with Gasteiger partial charge in [0.1, 0.15) is 11.0 Å². The van der Waals surface area contributed by atoms with Crippen molar-refractivity contribution < 1.29 is 18.3 Å². The Balaban J connectivity index is 1.42. The highest BCUT2D eigenvalue weighted by Gasteiger charge is 2.39. The van der Waals surface area contributed by atoms with E-state index in [2.05, 4.69) is 37.6 Å². The Morgan fingerprint density at radius 2 is 2.04 bits per heavy atom. The molecule has 1 saturated heterocycles. The molecule has 2 atom stereocenters. The number of benzene rings is 2. The molecule has 0 radical (unpaired) electrons. The fourth-order valence-electron chi connectivity index (χ4n) is 3.35. The van der Waals surface area contributed by atoms with E-state index >= 15 is 0 Å². The van der Waals surface area contributed by atoms with Crippen molar-refractivity contribution in [2.45, 2.75) is 30.1 Å². The fraction of sp³-hybridized carbons (Fsp3) is 0.316. The quantitative estimate of drug-likeness (QED) is 0.511. The summed E-state index contributed by atoms with van der Waals surface area (Å²) in [7, 11) is -3.75. The van der Waals surface area contributed by atoms with E-state index in [1.807, 2.05) is 30.3 Å². The van der Waals surface area contributed by atoms with Gasteiger partial charge in [0, 0.05) is 3.57 Å². The lowest BCUT2D eigenvalue weighted by atomic mass is 10.0. The zero-order valence-electron chi connectivity index (χ0n) is 14.9. The number of halogens is 1. The molecule has 1 fully saturated rings. The van der Waals surface area contributed by atoms with Crippen LogP contribution in [-0.2, 0) is 27.8 Å². The fourth-order valence-corrected chi connectivity index (χ4v) is 5.23. The third-order valence-corrected chi connectivity index (χ3v) is 6.88. The van der Waals surface area contributed by atoms with E-state index in [4.69, 9.17) is 4.74 Å². The van der Waals surface area contributed by atoms with Crippen LogP contribution in [0.2, 0.25) is 0 Å². The van der Waals surface area contributed by atoms with Gasteiger partial charge in [-0.3, -0.25) is 0 Å². The Bertz CT molecular complexity index is 1030. The van der Waals surface area contributed by atoms with Crippen LogP contribution in [0.5, 0.6) is 0 Å². The normalized spacial score (nSPS) is 22.6. The van der Waals surface area contributed by atoms with Crippen molar-refractivity contribution in [1.29, 1.82) is 0 Å². The Labute approximate surface area is 177 Å². The first kappa shape index (κ1) is 19.8. The van der Waals surface area contributed by atoms with Crippen molar-refractivity contribution in [2.24, 2.45) is 4.40 Å². The summed E-state index contributed by atoms with van der Waals surface area (Å²) in [4.78, 5) is 0.188. The summed E-state index contributed by atoms with van der Waals surface area (Å²) in [6.07, 6.45) is 0.328. The molecule has 148 valence electrons. The largest absolute Gasteiger partial charge is 0.392 e. The Hall–Kier alpha value is -1.53. The highest BCUT2D eigenvalue weighted by atomic mass is 127. The van der Waals surface area contributed by atoms with Crippen LogP contribution in [0, 0.1) is 3.57 Å². The maximum absolute atomic E-state index is 12.5. The van der Waals surface area contributed by atoms with Crippen LogP contribution in [0.4, 0.5) is 5.69 Å². The minimum absolute atomic E-state index is 0.0161. The molecule has 9 heteroatoms. The summed E-state index contributed by atoms with van der Waals surface area (Å²) in [5, 5.41) is 15.9. The third kappa shape index (κ3) is 3.94. The average molecular weight is 513 g/mol. The van der Waals surface area contributed by atoms with Crippen molar-refractivity contribution >= 4 is 44.1 Å². The number of sulfonamides is 1. The second-order valence-electron chi connectivity index (χ2n) is 6.71. The first-order chi connectivity index (χ1) is 13.5. The van der Waals surface area contributed by atoms with E-state index in [-0.39, 0.29) is 17.5 Å². The molecule has 0 spiro atoms. The second-order valence-corrected chi connectivity index (χ2v) is 9.53. The summed E-state index contributed by atoms with van der Waals surface area (Å²) in [5.74, 6) is 0.313. The highest BCUT2D eigenvalue weighted by Crippen LogP contribution is 2.31. The van der Waals surface area contributed by atoms with Crippen LogP contribution < -0.4 is 10.6 Å². The van der Waals surface area contributed by atoms with Gasteiger partial charge in [0.2, 0.25) is 0 Å². The molecule has 0 aromatic heterocycles. The molecule has 2 aromatic carbocycles. The van der Waals surface area contributed by atoms with Crippen molar-refractivity contribution in [3.05, 3.63) is 57.2 Å². The minimum Gasteiger partial charge on any atom is -0.392 e. The minimum atomic E-state index is -3.75. The molecular formula is C19H20IN3O4S. The predicted octanol–water partition coefficient (Wildman–Crippen LogP) is 1.90. The summed E-state index contributed by atoms with van der Waals surface area (Å²) < 4.78 is 35.4. The van der Waals surface area contributed by atoms with Gasteiger partial charge < -0.3 is 20.5 Å². The maximum atomic E-state index is 12.5. The number of ether oxygens (including phenoxy) is 1. The number of rotatable bonds is 6. The van der Waals surface area contributed by atoms with Crippen molar-refractivity contribution in [2.75, 3.05) is 18.5 Å². The van der Waals surface area contributed by atoms with Gasteiger partial charge in [0.05, 0.1) is 24.9 Å². The van der Waals surface area contributed by atoms with Crippen LogP contribution in [0.15, 0.2) is 51.8 Å². The first-order valence-corrected chi connectivity index (χ1v) is 11.4. The van der Waals surface area contributed by atoms with Gasteiger partial charge in [-0.05, 0) is 64.9 Å². The van der Waals surface area contributed by atoms with Crippen molar-refractivity contribution in [3.8, 4) is 0 Å². The number of anilines is 1. The predicted molar refractivity (Wildman–Crippen MR) is 115 cm³/mol. The van der Waals surface area contributed by atoms with Gasteiger partial charge in [-0.1, -0.05) is 24.3 Å². The number of aliphatic hydroxyl groups is 1. The first-order valence-electron chi connectivity index (χ1n) is 8.92. The molecule has 4 rings (SSSR count). The smallest absolute Gasteiger partial charge is 0.286 e. The molecule has 2 aromatic rings. The van der Waals surface area contributed by atoms with Gasteiger partial charge in [-0.25, -0.2) is 0 Å². The molecular weight excluding hydrogens is 493 g/mol. The van der Waals surface area contributed by atoms with E-state index in [9.17, 15) is 13.5 Å². The molecule has 0 aliphatic carbocycles. The van der Waals surface area contributed by atoms with E-state index in [0.29, 0.717) is 24.7 Å². The number of aliphatic hydroxyl groups excluding tert-OH is 1. The number of amidine groups is 1. The molecule has 0 bridgehead atoms. The van der Waals surface area contributed by atoms with Crippen molar-refractivity contribution in [1.82, 2.24) is 5.32 Å². The van der Waals surface area contributed by atoms with Crippen LogP contribution in [0.25, 0.3) is 0 Å². The molecule has 7 nitrogen and oxygen atoms in total. The van der Waals surface area contributed by atoms with Gasteiger partial charge >= 0.3 is 0 Å². The monoisotopic (exact) mass is 513 g/mol. The molecule has 0 amide bonds. The topological polar surface area (TPSA) is 100 Å². The highest BCUT2D eigenvalue weighted by molar-refractivity contribution is 14.1. The van der Waals surface area contributed by atoms with Gasteiger partial charge in [0.15, 0.2) is 5.84 Å². The summed E-state index contributed by atoms with van der Waals surface area (Å²) in [5.41, 5.74) is 2.53. The summed E-state index contributed by atoms with van der Waals surface area (Å²) in [6.45, 7) is 1.20. The number of hydrogen-bond donors (Lipinski definition) is 3. The zero-order valence-corrected chi connectivity index (χ0v) is 17.9. The lowest BCUT2D eigenvalue weighted by Crippen LogP contribution is -2.60. The number of nitrogens with one attached hydrogen (secondary N) is 2. The second kappa shape index (κ2) is 8.07. The number of nitrogens with zero attached hydrogens (tertiary/aromatic N) is 1. The van der Waals surface area contributed by atoms with Gasteiger partial charge in [-0.15, -0.1) is 4.40 Å². The van der Waals surface area contributed by atoms with E-state index in [0.717, 1.165) is 21.1 Å². The van der Waals surface area contributed by atoms with Crippen LogP contribution in [-0.4, -0.2) is 44.7 Å². The van der Waals surface area contributed by atoms with E-state index < -0.39 is 16.1 Å². The number of fused-ring (bicyclic) bond motifs is 1. The standard InChI is InChI=1S/C19H20IN3O4S/c20-14-5-6-15-17(9-14)28(25,26)23-19(22-15)18-16(11-27-18)21-8-7-12-3-1-2-4-13(12)10-24/h1-6,9,16,18,21,24H,7-8,10-11H2,(H,22,23). The summed E-state index contributed by atoms with van der Waals surface area (Å²) >= 11 is 2.08. The van der Waals surface area contributed by atoms with Gasteiger partial charge in [0.25, 0.3) is 10.0 Å².